The van der Waals surface area contributed by atoms with Gasteiger partial charge in [-0.2, -0.15) is 5.10 Å². The number of nitrogens with zero attached hydrogens (tertiary/aromatic N) is 6. The Morgan fingerprint density at radius 2 is 1.65 bits per heavy atom. The van der Waals surface area contributed by atoms with Crippen LogP contribution in [0.3, 0.4) is 0 Å². The van der Waals surface area contributed by atoms with Gasteiger partial charge in [0.15, 0.2) is 0 Å². The molecule has 7 rings (SSSR count). The van der Waals surface area contributed by atoms with E-state index in [4.69, 9.17) is 11.6 Å². The molecule has 3 fully saturated rings. The fraction of sp³-hybridized carbons (Fsp3) is 0.556. The van der Waals surface area contributed by atoms with Crippen molar-refractivity contribution in [1.29, 1.82) is 0 Å². The Morgan fingerprint density at radius 1 is 0.917 bits per heavy atom. The Balaban J connectivity index is 0.996. The number of hydrogen-bond donors (Lipinski definition) is 2. The number of rotatable bonds is 7. The van der Waals surface area contributed by atoms with Gasteiger partial charge < -0.3 is 24.9 Å². The molecule has 48 heavy (non-hydrogen) atoms. The number of anilines is 1. The van der Waals surface area contributed by atoms with Gasteiger partial charge in [-0.15, -0.1) is 0 Å². The highest BCUT2D eigenvalue weighted by Gasteiger charge is 2.35. The lowest BCUT2D eigenvalue weighted by atomic mass is 9.92. The monoisotopic (exact) mass is 674 g/mol. The predicted molar refractivity (Wildman–Crippen MR) is 187 cm³/mol. The minimum absolute atomic E-state index is 0.0000272. The van der Waals surface area contributed by atoms with E-state index in [9.17, 15) is 14.4 Å². The zero-order valence-corrected chi connectivity index (χ0v) is 28.6. The van der Waals surface area contributed by atoms with Gasteiger partial charge in [0.1, 0.15) is 0 Å². The highest BCUT2D eigenvalue weighted by Crippen LogP contribution is 2.29. The largest absolute Gasteiger partial charge is 0.343 e. The molecule has 4 aliphatic rings. The van der Waals surface area contributed by atoms with Crippen LogP contribution in [-0.4, -0.2) is 131 Å². The second-order valence-electron chi connectivity index (χ2n) is 14.1. The van der Waals surface area contributed by atoms with Crippen LogP contribution in [0.2, 0.25) is 5.02 Å². The van der Waals surface area contributed by atoms with Gasteiger partial charge in [-0.05, 0) is 88.0 Å². The number of amides is 4. The fourth-order valence-corrected chi connectivity index (χ4v) is 8.44. The van der Waals surface area contributed by atoms with Crippen molar-refractivity contribution in [3.63, 3.8) is 0 Å². The molecule has 3 aromatic rings. The number of fused-ring (bicyclic) bond motifs is 2. The maximum atomic E-state index is 14.2. The number of hydrogen-bond acceptors (Lipinski definition) is 6. The molecule has 12 heteroatoms. The van der Waals surface area contributed by atoms with E-state index in [2.05, 4.69) is 38.4 Å². The summed E-state index contributed by atoms with van der Waals surface area (Å²) in [7, 11) is 2.18. The highest BCUT2D eigenvalue weighted by molar-refractivity contribution is 6.35. The maximum Gasteiger partial charge on any atom is 0.322 e. The van der Waals surface area contributed by atoms with E-state index in [0.29, 0.717) is 50.2 Å². The molecule has 3 saturated heterocycles. The number of urea groups is 1. The van der Waals surface area contributed by atoms with E-state index in [1.807, 2.05) is 45.0 Å². The Hall–Kier alpha value is -3.67. The second kappa shape index (κ2) is 14.4. The number of piperidine rings is 2. The summed E-state index contributed by atoms with van der Waals surface area (Å²) >= 11 is 6.58. The van der Waals surface area contributed by atoms with E-state index >= 15 is 0 Å². The van der Waals surface area contributed by atoms with Gasteiger partial charge in [0.05, 0.1) is 22.7 Å². The molecule has 0 radical (unpaired) electrons. The van der Waals surface area contributed by atoms with Crippen molar-refractivity contribution in [3.05, 3.63) is 58.7 Å². The number of aromatic amines is 1. The molecule has 0 aliphatic carbocycles. The number of likely N-dealkylation sites (tertiary alicyclic amines) is 2. The highest BCUT2D eigenvalue weighted by atomic mass is 35.5. The first-order valence-corrected chi connectivity index (χ1v) is 18.0. The van der Waals surface area contributed by atoms with Crippen molar-refractivity contribution in [1.82, 2.24) is 34.7 Å². The zero-order chi connectivity index (χ0) is 33.2. The molecule has 0 spiro atoms. The molecule has 256 valence electrons. The molecule has 5 heterocycles. The number of carbonyl (C=O) groups excluding carboxylic acids is 3. The summed E-state index contributed by atoms with van der Waals surface area (Å²) in [6.07, 6.45) is 6.92. The van der Waals surface area contributed by atoms with Crippen LogP contribution in [0.5, 0.6) is 0 Å². The topological polar surface area (TPSA) is 108 Å². The van der Waals surface area contributed by atoms with Crippen molar-refractivity contribution in [2.24, 2.45) is 5.92 Å². The quantitative estimate of drug-likeness (QED) is 0.391. The van der Waals surface area contributed by atoms with Gasteiger partial charge in [0.25, 0.3) is 0 Å². The standard InChI is InChI=1S/C36H47ClN8O3/c1-41-11-7-29(8-12-41)42-16-18-44(19-17-42)35(47)27(20-25-21-28-24-38-40-34(28)31(37)22-25)23-33(46)43-13-9-30(10-14-43)45-15-6-26-4-2-3-5-32(26)39-36(45)48/h2-5,21-22,24,27,29-30H,6-20,23H2,1H3,(H,38,40)(H,39,48). The SMILES string of the molecule is CN1CCC(N2CCN(C(=O)C(CC(=O)N3CCC(N4CCc5ccccc5NC4=O)CC3)Cc3cc(Cl)c4[nH]ncc4c3)CC2)CC1. The molecule has 11 nitrogen and oxygen atoms in total. The lowest BCUT2D eigenvalue weighted by molar-refractivity contribution is -0.143. The third kappa shape index (κ3) is 7.18. The van der Waals surface area contributed by atoms with Crippen LogP contribution in [0.4, 0.5) is 10.5 Å². The van der Waals surface area contributed by atoms with Gasteiger partial charge in [-0.3, -0.25) is 19.6 Å². The third-order valence-electron chi connectivity index (χ3n) is 11.0. The minimum atomic E-state index is -0.486. The molecule has 1 atom stereocenters. The van der Waals surface area contributed by atoms with Gasteiger partial charge in [-0.25, -0.2) is 4.79 Å². The Morgan fingerprint density at radius 3 is 2.42 bits per heavy atom. The number of para-hydroxylation sites is 1. The van der Waals surface area contributed by atoms with E-state index in [1.165, 1.54) is 12.8 Å². The van der Waals surface area contributed by atoms with Crippen molar-refractivity contribution in [3.8, 4) is 0 Å². The summed E-state index contributed by atoms with van der Waals surface area (Å²) in [6, 6.07) is 12.5. The smallest absolute Gasteiger partial charge is 0.322 e. The van der Waals surface area contributed by atoms with E-state index in [0.717, 1.165) is 73.2 Å². The van der Waals surface area contributed by atoms with Crippen LogP contribution in [0.25, 0.3) is 10.9 Å². The summed E-state index contributed by atoms with van der Waals surface area (Å²) in [5.41, 5.74) is 3.73. The molecule has 2 N–H and O–H groups in total. The first-order chi connectivity index (χ1) is 23.3. The lowest BCUT2D eigenvalue weighted by Gasteiger charge is -2.43. The number of carbonyl (C=O) groups is 3. The average Bonchev–Trinajstić information content (AvgIpc) is 3.52. The van der Waals surface area contributed by atoms with E-state index in [1.54, 1.807) is 6.20 Å². The van der Waals surface area contributed by atoms with Gasteiger partial charge in [-0.1, -0.05) is 29.8 Å². The Bertz CT molecular complexity index is 1620. The zero-order valence-electron chi connectivity index (χ0n) is 27.9. The van der Waals surface area contributed by atoms with Crippen molar-refractivity contribution in [2.75, 3.05) is 71.3 Å². The van der Waals surface area contributed by atoms with Crippen LogP contribution in [-0.2, 0) is 22.4 Å². The normalized spacial score (nSPS) is 21.2. The second-order valence-corrected chi connectivity index (χ2v) is 14.5. The molecule has 0 bridgehead atoms. The van der Waals surface area contributed by atoms with Crippen LogP contribution in [0, 0.1) is 5.92 Å². The first kappa shape index (κ1) is 32.9. The molecule has 1 unspecified atom stereocenters. The number of piperazine rings is 1. The van der Waals surface area contributed by atoms with Gasteiger partial charge >= 0.3 is 6.03 Å². The molecule has 0 saturated carbocycles. The summed E-state index contributed by atoms with van der Waals surface area (Å²) in [5, 5.41) is 11.6. The number of halogens is 1. The maximum absolute atomic E-state index is 14.2. The van der Waals surface area contributed by atoms with E-state index < -0.39 is 5.92 Å². The fourth-order valence-electron chi connectivity index (χ4n) is 8.15. The summed E-state index contributed by atoms with van der Waals surface area (Å²) in [4.78, 5) is 51.9. The number of benzene rings is 2. The summed E-state index contributed by atoms with van der Waals surface area (Å²) < 4.78 is 0. The first-order valence-electron chi connectivity index (χ1n) is 17.6. The molecule has 1 aromatic heterocycles. The van der Waals surface area contributed by atoms with Crippen LogP contribution >= 0.6 is 11.6 Å². The number of nitrogens with one attached hydrogen (secondary N) is 2. The summed E-state index contributed by atoms with van der Waals surface area (Å²) in [6.45, 7) is 7.16. The molecule has 2 aromatic carbocycles. The van der Waals surface area contributed by atoms with E-state index in [-0.39, 0.29) is 30.3 Å². The molecular formula is C36H47ClN8O3. The van der Waals surface area contributed by atoms with Gasteiger partial charge in [0, 0.05) is 75.4 Å². The van der Waals surface area contributed by atoms with Crippen molar-refractivity contribution in [2.45, 2.75) is 57.0 Å². The van der Waals surface area contributed by atoms with Crippen molar-refractivity contribution >= 4 is 46.0 Å². The van der Waals surface area contributed by atoms with Crippen molar-refractivity contribution < 1.29 is 14.4 Å². The predicted octanol–water partition coefficient (Wildman–Crippen LogP) is 4.08. The lowest BCUT2D eigenvalue weighted by Crippen LogP contribution is -2.55. The third-order valence-corrected chi connectivity index (χ3v) is 11.3. The number of aromatic nitrogens is 2. The van der Waals surface area contributed by atoms with Crippen LogP contribution < -0.4 is 5.32 Å². The molecule has 4 aliphatic heterocycles. The molecular weight excluding hydrogens is 628 g/mol. The van der Waals surface area contributed by atoms with Crippen LogP contribution in [0.15, 0.2) is 42.6 Å². The Kier molecular flexibility index (Phi) is 9.88. The van der Waals surface area contributed by atoms with Crippen LogP contribution in [0.1, 0.15) is 43.2 Å². The average molecular weight is 675 g/mol. The minimum Gasteiger partial charge on any atom is -0.343 e. The number of H-pyrrole nitrogens is 1. The summed E-state index contributed by atoms with van der Waals surface area (Å²) in [5.74, 6) is -0.439. The molecule has 4 amide bonds. The Labute approximate surface area is 287 Å². The van der Waals surface area contributed by atoms with Gasteiger partial charge in [0.2, 0.25) is 11.8 Å².